The minimum absolute atomic E-state index is 0.0275. The van der Waals surface area contributed by atoms with Gasteiger partial charge in [-0.25, -0.2) is 0 Å². The largest absolute Gasteiger partial charge is 0.497 e. The Morgan fingerprint density at radius 2 is 2.26 bits per heavy atom. The van der Waals surface area contributed by atoms with Crippen LogP contribution in [0.2, 0.25) is 0 Å². The van der Waals surface area contributed by atoms with Crippen LogP contribution in [-0.2, 0) is 0 Å². The maximum Gasteiger partial charge on any atom is 0.292 e. The van der Waals surface area contributed by atoms with E-state index in [4.69, 9.17) is 9.84 Å². The molecule has 0 amide bonds. The molecule has 1 aromatic rings. The highest BCUT2D eigenvalue weighted by Crippen LogP contribution is 2.29. The van der Waals surface area contributed by atoms with Gasteiger partial charge in [0.05, 0.1) is 12.0 Å². The van der Waals surface area contributed by atoms with Gasteiger partial charge >= 0.3 is 0 Å². The number of aliphatic hydroxyl groups is 1. The van der Waals surface area contributed by atoms with Gasteiger partial charge in [0, 0.05) is 25.3 Å². The molecule has 1 unspecified atom stereocenters. The van der Waals surface area contributed by atoms with Gasteiger partial charge in [0.25, 0.3) is 5.69 Å². The van der Waals surface area contributed by atoms with Gasteiger partial charge in [-0.15, -0.1) is 0 Å². The van der Waals surface area contributed by atoms with Gasteiger partial charge in [-0.2, -0.15) is 0 Å². The molecule has 1 rings (SSSR count). The Balaban J connectivity index is 2.82. The predicted octanol–water partition coefficient (Wildman–Crippen LogP) is 2.42. The van der Waals surface area contributed by atoms with E-state index in [0.717, 1.165) is 6.42 Å². The molecular weight excluding hydrogens is 248 g/mol. The third kappa shape index (κ3) is 4.40. The second kappa shape index (κ2) is 7.58. The minimum atomic E-state index is -0.422. The molecule has 6 nitrogen and oxygen atoms in total. The van der Waals surface area contributed by atoms with Crippen LogP contribution in [-0.4, -0.2) is 30.3 Å². The second-order valence-electron chi connectivity index (χ2n) is 4.31. The first-order valence-corrected chi connectivity index (χ1v) is 6.29. The van der Waals surface area contributed by atoms with Crippen LogP contribution < -0.4 is 10.1 Å². The number of nitro benzene ring substituents is 1. The fourth-order valence-corrected chi connectivity index (χ4v) is 1.83. The predicted molar refractivity (Wildman–Crippen MR) is 73.6 cm³/mol. The van der Waals surface area contributed by atoms with E-state index in [1.54, 1.807) is 12.1 Å². The SMILES string of the molecule is CCC(CCO)CNc1cc(OC)ccc1[N+](=O)[O-]. The number of hydrogen-bond donors (Lipinski definition) is 2. The summed E-state index contributed by atoms with van der Waals surface area (Å²) in [6, 6.07) is 4.60. The molecule has 2 N–H and O–H groups in total. The van der Waals surface area contributed by atoms with Crippen molar-refractivity contribution < 1.29 is 14.8 Å². The zero-order chi connectivity index (χ0) is 14.3. The van der Waals surface area contributed by atoms with Gasteiger partial charge in [0.15, 0.2) is 0 Å². The molecule has 0 saturated heterocycles. The molecule has 1 aromatic carbocycles. The molecule has 19 heavy (non-hydrogen) atoms. The number of anilines is 1. The topological polar surface area (TPSA) is 84.6 Å². The standard InChI is InChI=1S/C13H20N2O4/c1-3-10(6-7-16)9-14-12-8-11(19-2)4-5-13(12)15(17)18/h4-5,8,10,14,16H,3,6-7,9H2,1-2H3. The van der Waals surface area contributed by atoms with Crippen molar-refractivity contribution in [3.8, 4) is 5.75 Å². The summed E-state index contributed by atoms with van der Waals surface area (Å²) in [4.78, 5) is 10.5. The Bertz CT molecular complexity index is 423. The maximum atomic E-state index is 10.9. The summed E-state index contributed by atoms with van der Waals surface area (Å²) in [7, 11) is 1.52. The van der Waals surface area contributed by atoms with Crippen LogP contribution in [0.3, 0.4) is 0 Å². The number of nitrogens with zero attached hydrogens (tertiary/aromatic N) is 1. The van der Waals surface area contributed by atoms with Crippen LogP contribution in [0.5, 0.6) is 5.75 Å². The Kier molecular flexibility index (Phi) is 6.08. The van der Waals surface area contributed by atoms with E-state index in [0.29, 0.717) is 24.4 Å². The van der Waals surface area contributed by atoms with Gasteiger partial charge < -0.3 is 15.2 Å². The zero-order valence-corrected chi connectivity index (χ0v) is 11.3. The number of ether oxygens (including phenoxy) is 1. The number of aliphatic hydroxyl groups excluding tert-OH is 1. The average molecular weight is 268 g/mol. The van der Waals surface area contributed by atoms with Crippen molar-refractivity contribution in [1.29, 1.82) is 0 Å². The minimum Gasteiger partial charge on any atom is -0.497 e. The average Bonchev–Trinajstić information content (AvgIpc) is 2.42. The van der Waals surface area contributed by atoms with E-state index in [2.05, 4.69) is 5.32 Å². The first-order valence-electron chi connectivity index (χ1n) is 6.29. The highest BCUT2D eigenvalue weighted by Gasteiger charge is 2.15. The van der Waals surface area contributed by atoms with Crippen molar-refractivity contribution >= 4 is 11.4 Å². The van der Waals surface area contributed by atoms with Crippen molar-refractivity contribution in [2.75, 3.05) is 25.6 Å². The summed E-state index contributed by atoms with van der Waals surface area (Å²) in [5.74, 6) is 0.860. The molecule has 0 saturated carbocycles. The van der Waals surface area contributed by atoms with Crippen molar-refractivity contribution in [2.24, 2.45) is 5.92 Å². The van der Waals surface area contributed by atoms with Crippen molar-refractivity contribution in [3.05, 3.63) is 28.3 Å². The van der Waals surface area contributed by atoms with Gasteiger partial charge in [-0.05, 0) is 18.4 Å². The maximum absolute atomic E-state index is 10.9. The number of hydrogen-bond acceptors (Lipinski definition) is 5. The normalized spacial score (nSPS) is 11.9. The van der Waals surface area contributed by atoms with Crippen molar-refractivity contribution in [3.63, 3.8) is 0 Å². The molecule has 0 heterocycles. The molecular formula is C13H20N2O4. The third-order valence-electron chi connectivity index (χ3n) is 3.10. The lowest BCUT2D eigenvalue weighted by molar-refractivity contribution is -0.384. The smallest absolute Gasteiger partial charge is 0.292 e. The molecule has 106 valence electrons. The number of rotatable bonds is 8. The molecule has 0 aliphatic heterocycles. The first-order chi connectivity index (χ1) is 9.12. The van der Waals surface area contributed by atoms with Gasteiger partial charge in [0.1, 0.15) is 11.4 Å². The molecule has 0 aromatic heterocycles. The molecule has 0 fully saturated rings. The Morgan fingerprint density at radius 3 is 2.79 bits per heavy atom. The molecule has 0 bridgehead atoms. The van der Waals surface area contributed by atoms with E-state index < -0.39 is 4.92 Å². The lowest BCUT2D eigenvalue weighted by Gasteiger charge is -2.15. The van der Waals surface area contributed by atoms with Crippen LogP contribution in [0.25, 0.3) is 0 Å². The van der Waals surface area contributed by atoms with E-state index in [1.165, 1.54) is 13.2 Å². The first kappa shape index (κ1) is 15.2. The zero-order valence-electron chi connectivity index (χ0n) is 11.3. The van der Waals surface area contributed by atoms with Gasteiger partial charge in [0.2, 0.25) is 0 Å². The molecule has 6 heteroatoms. The summed E-state index contributed by atoms with van der Waals surface area (Å²) < 4.78 is 5.07. The number of benzene rings is 1. The molecule has 0 aliphatic carbocycles. The quantitative estimate of drug-likeness (QED) is 0.558. The highest BCUT2D eigenvalue weighted by atomic mass is 16.6. The Hall–Kier alpha value is -1.82. The summed E-state index contributed by atoms with van der Waals surface area (Å²) in [5, 5.41) is 23.0. The Labute approximate surface area is 112 Å². The van der Waals surface area contributed by atoms with E-state index >= 15 is 0 Å². The highest BCUT2D eigenvalue weighted by molar-refractivity contribution is 5.64. The summed E-state index contributed by atoms with van der Waals surface area (Å²) in [6.07, 6.45) is 1.59. The van der Waals surface area contributed by atoms with Crippen molar-refractivity contribution in [2.45, 2.75) is 19.8 Å². The lowest BCUT2D eigenvalue weighted by atomic mass is 10.0. The number of nitro groups is 1. The van der Waals surface area contributed by atoms with Crippen molar-refractivity contribution in [1.82, 2.24) is 0 Å². The third-order valence-corrected chi connectivity index (χ3v) is 3.10. The fourth-order valence-electron chi connectivity index (χ4n) is 1.83. The summed E-state index contributed by atoms with van der Waals surface area (Å²) in [5.41, 5.74) is 0.473. The molecule has 0 spiro atoms. The molecule has 0 radical (unpaired) electrons. The second-order valence-corrected chi connectivity index (χ2v) is 4.31. The fraction of sp³-hybridized carbons (Fsp3) is 0.538. The Morgan fingerprint density at radius 1 is 1.53 bits per heavy atom. The van der Waals surface area contributed by atoms with E-state index in [1.807, 2.05) is 6.92 Å². The lowest BCUT2D eigenvalue weighted by Crippen LogP contribution is -2.15. The van der Waals surface area contributed by atoms with E-state index in [9.17, 15) is 10.1 Å². The summed E-state index contributed by atoms with van der Waals surface area (Å²) in [6.45, 7) is 2.74. The monoisotopic (exact) mass is 268 g/mol. The van der Waals surface area contributed by atoms with Crippen LogP contribution >= 0.6 is 0 Å². The molecule has 1 atom stereocenters. The van der Waals surface area contributed by atoms with Crippen LogP contribution in [0, 0.1) is 16.0 Å². The van der Waals surface area contributed by atoms with Crippen LogP contribution in [0.15, 0.2) is 18.2 Å². The summed E-state index contributed by atoms with van der Waals surface area (Å²) >= 11 is 0. The molecule has 0 aliphatic rings. The van der Waals surface area contributed by atoms with Crippen LogP contribution in [0.1, 0.15) is 19.8 Å². The number of methoxy groups -OCH3 is 1. The number of nitrogens with one attached hydrogen (secondary N) is 1. The van der Waals surface area contributed by atoms with Gasteiger partial charge in [-0.1, -0.05) is 13.3 Å². The van der Waals surface area contributed by atoms with Crippen LogP contribution in [0.4, 0.5) is 11.4 Å². The van der Waals surface area contributed by atoms with Gasteiger partial charge in [-0.3, -0.25) is 10.1 Å². The van der Waals surface area contributed by atoms with E-state index in [-0.39, 0.29) is 18.2 Å².